The van der Waals surface area contributed by atoms with Gasteiger partial charge in [-0.25, -0.2) is 0 Å². The number of nitrogens with zero attached hydrogens (tertiary/aromatic N) is 1. The molecule has 0 spiro atoms. The Labute approximate surface area is 121 Å². The zero-order valence-corrected chi connectivity index (χ0v) is 11.8. The van der Waals surface area contributed by atoms with Gasteiger partial charge in [0.1, 0.15) is 0 Å². The van der Waals surface area contributed by atoms with Crippen molar-refractivity contribution in [3.63, 3.8) is 0 Å². The smallest absolute Gasteiger partial charge is 0.258 e. The zero-order chi connectivity index (χ0) is 13.8. The van der Waals surface area contributed by atoms with Crippen molar-refractivity contribution in [2.45, 2.75) is 13.3 Å². The average Bonchev–Trinajstić information content (AvgIpc) is 2.54. The molecule has 0 aliphatic heterocycles. The summed E-state index contributed by atoms with van der Waals surface area (Å²) >= 11 is 11.9. The van der Waals surface area contributed by atoms with Crippen molar-refractivity contribution in [3.8, 4) is 0 Å². The maximum atomic E-state index is 12.1. The molecule has 0 atom stereocenters. The first kappa shape index (κ1) is 13.8. The highest BCUT2D eigenvalue weighted by atomic mass is 35.5. The summed E-state index contributed by atoms with van der Waals surface area (Å²) in [6.45, 7) is 2.03. The lowest BCUT2D eigenvalue weighted by atomic mass is 10.2. The van der Waals surface area contributed by atoms with Crippen LogP contribution in [0.2, 0.25) is 10.0 Å². The molecule has 1 N–H and O–H groups in total. The second kappa shape index (κ2) is 6.04. The molecule has 0 bridgehead atoms. The molecular weight excluding hydrogens is 283 g/mol. The van der Waals surface area contributed by atoms with Crippen molar-refractivity contribution in [2.75, 3.05) is 0 Å². The van der Waals surface area contributed by atoms with E-state index in [0.717, 1.165) is 6.42 Å². The van der Waals surface area contributed by atoms with Crippen molar-refractivity contribution in [3.05, 3.63) is 63.6 Å². The van der Waals surface area contributed by atoms with E-state index in [-0.39, 0.29) is 21.5 Å². The molecular formula is C14H12Cl2N2O. The van der Waals surface area contributed by atoms with Gasteiger partial charge >= 0.3 is 0 Å². The van der Waals surface area contributed by atoms with E-state index in [2.05, 4.69) is 10.3 Å². The third kappa shape index (κ3) is 3.46. The predicted molar refractivity (Wildman–Crippen MR) is 77.3 cm³/mol. The number of allylic oxidation sites excluding steroid dienone is 5. The summed E-state index contributed by atoms with van der Waals surface area (Å²) in [5, 5.41) is 3.23. The number of aromatic nitrogens is 1. The van der Waals surface area contributed by atoms with Crippen LogP contribution < -0.4 is 5.32 Å². The lowest BCUT2D eigenvalue weighted by Crippen LogP contribution is -2.22. The Morgan fingerprint density at radius 2 is 1.95 bits per heavy atom. The average molecular weight is 295 g/mol. The number of hydrogen-bond acceptors (Lipinski definition) is 2. The molecule has 0 unspecified atom stereocenters. The zero-order valence-electron chi connectivity index (χ0n) is 10.3. The Bertz CT molecular complexity index is 583. The number of carbonyl (C=O) groups excluding carboxylic acids is 1. The maximum Gasteiger partial charge on any atom is 0.258 e. The van der Waals surface area contributed by atoms with E-state index in [9.17, 15) is 4.79 Å². The van der Waals surface area contributed by atoms with E-state index in [0.29, 0.717) is 5.70 Å². The molecule has 0 aromatic carbocycles. The summed E-state index contributed by atoms with van der Waals surface area (Å²) in [5.74, 6) is -0.346. The normalized spacial score (nSPS) is 14.5. The van der Waals surface area contributed by atoms with Crippen molar-refractivity contribution in [2.24, 2.45) is 0 Å². The van der Waals surface area contributed by atoms with Gasteiger partial charge in [0, 0.05) is 18.1 Å². The topological polar surface area (TPSA) is 42.0 Å². The maximum absolute atomic E-state index is 12.1. The van der Waals surface area contributed by atoms with Crippen LogP contribution in [0.3, 0.4) is 0 Å². The van der Waals surface area contributed by atoms with E-state index < -0.39 is 0 Å². The minimum absolute atomic E-state index is 0.231. The van der Waals surface area contributed by atoms with Crippen LogP contribution in [-0.4, -0.2) is 10.9 Å². The van der Waals surface area contributed by atoms with Crippen LogP contribution in [0.5, 0.6) is 0 Å². The Kier molecular flexibility index (Phi) is 4.40. The van der Waals surface area contributed by atoms with Gasteiger partial charge in [-0.1, -0.05) is 40.9 Å². The molecule has 1 amide bonds. The Morgan fingerprint density at radius 1 is 1.26 bits per heavy atom. The Hall–Kier alpha value is -1.58. The monoisotopic (exact) mass is 294 g/mol. The van der Waals surface area contributed by atoms with Gasteiger partial charge in [-0.15, -0.1) is 0 Å². The molecule has 0 fully saturated rings. The minimum atomic E-state index is -0.346. The highest BCUT2D eigenvalue weighted by Gasteiger charge is 2.15. The largest absolute Gasteiger partial charge is 0.322 e. The fraction of sp³-hybridized carbons (Fsp3) is 0.143. The van der Waals surface area contributed by atoms with Crippen LogP contribution in [0, 0.1) is 0 Å². The molecule has 5 heteroatoms. The standard InChI is InChI=1S/C14H12Cl2N2O/c1-9-3-2-4-10(6-5-9)18-14(19)13-11(15)7-17-8-12(13)16/h2,4-8H,3H2,1H3,(H,18,19). The van der Waals surface area contributed by atoms with Gasteiger partial charge in [-0.3, -0.25) is 9.78 Å². The van der Waals surface area contributed by atoms with Gasteiger partial charge in [-0.2, -0.15) is 0 Å². The number of carbonyl (C=O) groups is 1. The van der Waals surface area contributed by atoms with Crippen LogP contribution in [0.4, 0.5) is 0 Å². The summed E-state index contributed by atoms with van der Waals surface area (Å²) in [4.78, 5) is 16.0. The lowest BCUT2D eigenvalue weighted by Gasteiger charge is -2.08. The van der Waals surface area contributed by atoms with Crippen LogP contribution in [0.15, 0.2) is 48.0 Å². The molecule has 0 saturated heterocycles. The Balaban J connectivity index is 2.23. The van der Waals surface area contributed by atoms with Crippen molar-refractivity contribution in [1.29, 1.82) is 0 Å². The van der Waals surface area contributed by atoms with E-state index in [1.807, 2.05) is 31.2 Å². The number of pyridine rings is 1. The number of rotatable bonds is 2. The molecule has 98 valence electrons. The van der Waals surface area contributed by atoms with E-state index in [1.54, 1.807) is 0 Å². The number of halogens is 2. The molecule has 1 aromatic heterocycles. The minimum Gasteiger partial charge on any atom is -0.322 e. The molecule has 1 aromatic rings. The van der Waals surface area contributed by atoms with Crippen LogP contribution in [0.25, 0.3) is 0 Å². The van der Waals surface area contributed by atoms with Gasteiger partial charge in [0.05, 0.1) is 15.6 Å². The molecule has 1 heterocycles. The first-order chi connectivity index (χ1) is 9.08. The van der Waals surface area contributed by atoms with Gasteiger partial charge in [0.2, 0.25) is 0 Å². The molecule has 1 aliphatic carbocycles. The number of nitrogens with one attached hydrogen (secondary N) is 1. The third-order valence-electron chi connectivity index (χ3n) is 2.62. The number of amides is 1. The summed E-state index contributed by atoms with van der Waals surface area (Å²) in [5.41, 5.74) is 2.16. The number of hydrogen-bond donors (Lipinski definition) is 1. The lowest BCUT2D eigenvalue weighted by molar-refractivity contribution is 0.0967. The summed E-state index contributed by atoms with van der Waals surface area (Å²) in [6, 6.07) is 0. The second-order valence-corrected chi connectivity index (χ2v) is 4.99. The van der Waals surface area contributed by atoms with E-state index in [1.165, 1.54) is 18.0 Å². The highest BCUT2D eigenvalue weighted by molar-refractivity contribution is 6.39. The Morgan fingerprint density at radius 3 is 2.63 bits per heavy atom. The molecule has 1 aliphatic rings. The van der Waals surface area contributed by atoms with E-state index in [4.69, 9.17) is 23.2 Å². The van der Waals surface area contributed by atoms with Gasteiger partial charge in [0.15, 0.2) is 0 Å². The predicted octanol–water partition coefficient (Wildman–Crippen LogP) is 3.91. The third-order valence-corrected chi connectivity index (χ3v) is 3.20. The first-order valence-electron chi connectivity index (χ1n) is 5.72. The molecule has 3 nitrogen and oxygen atoms in total. The van der Waals surface area contributed by atoms with Crippen molar-refractivity contribution < 1.29 is 4.79 Å². The quantitative estimate of drug-likeness (QED) is 0.898. The van der Waals surface area contributed by atoms with Crippen molar-refractivity contribution in [1.82, 2.24) is 10.3 Å². The molecule has 0 saturated carbocycles. The van der Waals surface area contributed by atoms with Gasteiger partial charge in [0.25, 0.3) is 5.91 Å². The van der Waals surface area contributed by atoms with Gasteiger partial charge in [-0.05, 0) is 25.5 Å². The summed E-state index contributed by atoms with van der Waals surface area (Å²) < 4.78 is 0. The first-order valence-corrected chi connectivity index (χ1v) is 6.48. The molecule has 2 rings (SSSR count). The SMILES string of the molecule is CC1=CC=C(NC(=O)c2c(Cl)cncc2Cl)C=CC1. The molecule has 19 heavy (non-hydrogen) atoms. The fourth-order valence-electron chi connectivity index (χ4n) is 1.63. The molecule has 0 radical (unpaired) electrons. The van der Waals surface area contributed by atoms with Crippen LogP contribution in [0.1, 0.15) is 23.7 Å². The van der Waals surface area contributed by atoms with Crippen LogP contribution in [-0.2, 0) is 0 Å². The van der Waals surface area contributed by atoms with Crippen molar-refractivity contribution >= 4 is 29.1 Å². The summed E-state index contributed by atoms with van der Waals surface area (Å²) in [6.07, 6.45) is 11.3. The fourth-order valence-corrected chi connectivity index (χ4v) is 2.17. The summed E-state index contributed by atoms with van der Waals surface area (Å²) in [7, 11) is 0. The highest BCUT2D eigenvalue weighted by Crippen LogP contribution is 2.23. The van der Waals surface area contributed by atoms with Gasteiger partial charge < -0.3 is 5.32 Å². The second-order valence-electron chi connectivity index (χ2n) is 4.17. The van der Waals surface area contributed by atoms with E-state index >= 15 is 0 Å². The van der Waals surface area contributed by atoms with Crippen LogP contribution >= 0.6 is 23.2 Å².